The molecule has 0 heterocycles. The van der Waals surface area contributed by atoms with E-state index in [2.05, 4.69) is 15.9 Å². The van der Waals surface area contributed by atoms with Gasteiger partial charge in [-0.25, -0.2) is 0 Å². The summed E-state index contributed by atoms with van der Waals surface area (Å²) in [6, 6.07) is 11.4. The van der Waals surface area contributed by atoms with Gasteiger partial charge in [0.25, 0.3) is 0 Å². The molecule has 2 aromatic carbocycles. The van der Waals surface area contributed by atoms with Crippen molar-refractivity contribution in [1.29, 1.82) is 0 Å². The first-order valence-corrected chi connectivity index (χ1v) is 6.39. The molecule has 0 unspecified atom stereocenters. The number of aromatic hydroxyl groups is 1. The van der Waals surface area contributed by atoms with E-state index in [0.717, 1.165) is 21.2 Å². The molecule has 0 aromatic heterocycles. The van der Waals surface area contributed by atoms with Crippen molar-refractivity contribution in [2.75, 3.05) is 0 Å². The van der Waals surface area contributed by atoms with Gasteiger partial charge in [0.05, 0.1) is 5.56 Å². The van der Waals surface area contributed by atoms with Gasteiger partial charge in [-0.15, -0.1) is 0 Å². The van der Waals surface area contributed by atoms with Crippen molar-refractivity contribution in [2.24, 2.45) is 0 Å². The highest BCUT2D eigenvalue weighted by atomic mass is 79.9. The number of benzene rings is 2. The lowest BCUT2D eigenvalue weighted by atomic mass is 9.97. The smallest absolute Gasteiger partial charge is 0.163 e. The Morgan fingerprint density at radius 2 is 1.89 bits per heavy atom. The minimum absolute atomic E-state index is 0.0393. The summed E-state index contributed by atoms with van der Waals surface area (Å²) in [4.78, 5) is 11.4. The summed E-state index contributed by atoms with van der Waals surface area (Å²) >= 11 is 3.42. The van der Waals surface area contributed by atoms with Crippen molar-refractivity contribution < 1.29 is 9.90 Å². The van der Waals surface area contributed by atoms with E-state index in [9.17, 15) is 9.90 Å². The summed E-state index contributed by atoms with van der Waals surface area (Å²) < 4.78 is 0.979. The number of ketones is 1. The van der Waals surface area contributed by atoms with Crippen LogP contribution in [0.4, 0.5) is 0 Å². The van der Waals surface area contributed by atoms with Gasteiger partial charge in [0, 0.05) is 4.47 Å². The third-order valence-corrected chi connectivity index (χ3v) is 3.32. The largest absolute Gasteiger partial charge is 0.507 e. The average molecular weight is 305 g/mol. The van der Waals surface area contributed by atoms with E-state index in [4.69, 9.17) is 0 Å². The first kappa shape index (κ1) is 12.8. The molecule has 0 saturated carbocycles. The molecule has 0 aliphatic heterocycles. The number of carbonyl (C=O) groups is 1. The van der Waals surface area contributed by atoms with Crippen LogP contribution in [0, 0.1) is 6.92 Å². The molecule has 0 atom stereocenters. The van der Waals surface area contributed by atoms with Gasteiger partial charge in [-0.1, -0.05) is 34.1 Å². The first-order chi connectivity index (χ1) is 8.49. The minimum atomic E-state index is -0.120. The number of hydrogen-bond acceptors (Lipinski definition) is 2. The summed E-state index contributed by atoms with van der Waals surface area (Å²) in [6.45, 7) is 3.29. The standard InChI is InChI=1S/C15H13BrO2/c1-9-6-12(8-14(18)15(9)10(2)17)11-4-3-5-13(16)7-11/h3-8,18H,1-2H3. The fourth-order valence-corrected chi connectivity index (χ4v) is 2.46. The number of rotatable bonds is 2. The fraction of sp³-hybridized carbons (Fsp3) is 0.133. The number of carbonyl (C=O) groups excluding carboxylic acids is 1. The van der Waals surface area contributed by atoms with Crippen molar-refractivity contribution in [3.63, 3.8) is 0 Å². The number of phenolic OH excluding ortho intramolecular Hbond substituents is 1. The topological polar surface area (TPSA) is 37.3 Å². The highest BCUT2D eigenvalue weighted by Gasteiger charge is 2.12. The second-order valence-electron chi connectivity index (χ2n) is 4.25. The van der Waals surface area contributed by atoms with Gasteiger partial charge in [-0.3, -0.25) is 4.79 Å². The maximum absolute atomic E-state index is 11.4. The van der Waals surface area contributed by atoms with Crippen LogP contribution < -0.4 is 0 Å². The predicted molar refractivity (Wildman–Crippen MR) is 76.0 cm³/mol. The van der Waals surface area contributed by atoms with Gasteiger partial charge in [0.1, 0.15) is 5.75 Å². The molecule has 0 aliphatic carbocycles. The van der Waals surface area contributed by atoms with Crippen LogP contribution in [-0.2, 0) is 0 Å². The zero-order valence-corrected chi connectivity index (χ0v) is 11.8. The predicted octanol–water partition coefficient (Wildman–Crippen LogP) is 4.33. The molecule has 2 aromatic rings. The molecule has 0 saturated heterocycles. The molecule has 0 fully saturated rings. The highest BCUT2D eigenvalue weighted by molar-refractivity contribution is 9.10. The van der Waals surface area contributed by atoms with Crippen molar-refractivity contribution >= 4 is 21.7 Å². The van der Waals surface area contributed by atoms with E-state index >= 15 is 0 Å². The van der Waals surface area contributed by atoms with Gasteiger partial charge in [-0.05, 0) is 48.7 Å². The molecule has 0 spiro atoms. The summed E-state index contributed by atoms with van der Waals surface area (Å²) in [7, 11) is 0. The van der Waals surface area contributed by atoms with Crippen LogP contribution in [0.3, 0.4) is 0 Å². The SMILES string of the molecule is CC(=O)c1c(C)cc(-c2cccc(Br)c2)cc1O. The average Bonchev–Trinajstić information content (AvgIpc) is 2.27. The molecule has 0 aliphatic rings. The lowest BCUT2D eigenvalue weighted by molar-refractivity contribution is 0.101. The maximum Gasteiger partial charge on any atom is 0.163 e. The summed E-state index contributed by atoms with van der Waals surface area (Å²) in [5.41, 5.74) is 3.08. The van der Waals surface area contributed by atoms with Gasteiger partial charge < -0.3 is 5.11 Å². The highest BCUT2D eigenvalue weighted by Crippen LogP contribution is 2.30. The van der Waals surface area contributed by atoms with Crippen LogP contribution in [0.5, 0.6) is 5.75 Å². The van der Waals surface area contributed by atoms with Crippen LogP contribution in [0.15, 0.2) is 40.9 Å². The monoisotopic (exact) mass is 304 g/mol. The zero-order chi connectivity index (χ0) is 13.3. The molecule has 2 rings (SSSR count). The second kappa shape index (κ2) is 4.94. The molecule has 0 amide bonds. The number of Topliss-reactive ketones (excluding diaryl/α,β-unsaturated/α-hetero) is 1. The van der Waals surface area contributed by atoms with Crippen molar-refractivity contribution in [2.45, 2.75) is 13.8 Å². The van der Waals surface area contributed by atoms with Crippen LogP contribution in [-0.4, -0.2) is 10.9 Å². The Morgan fingerprint density at radius 1 is 1.17 bits per heavy atom. The Balaban J connectivity index is 2.58. The zero-order valence-electron chi connectivity index (χ0n) is 10.2. The molecule has 92 valence electrons. The normalized spacial score (nSPS) is 10.4. The third kappa shape index (κ3) is 2.46. The molecular formula is C15H13BrO2. The van der Waals surface area contributed by atoms with Crippen LogP contribution in [0.25, 0.3) is 11.1 Å². The van der Waals surface area contributed by atoms with Crippen LogP contribution in [0.1, 0.15) is 22.8 Å². The third-order valence-electron chi connectivity index (χ3n) is 2.82. The maximum atomic E-state index is 11.4. The number of halogens is 1. The van der Waals surface area contributed by atoms with Crippen molar-refractivity contribution in [3.05, 3.63) is 52.0 Å². The van der Waals surface area contributed by atoms with Crippen LogP contribution in [0.2, 0.25) is 0 Å². The Hall–Kier alpha value is -1.61. The fourth-order valence-electron chi connectivity index (χ4n) is 2.06. The first-order valence-electron chi connectivity index (χ1n) is 5.59. The van der Waals surface area contributed by atoms with E-state index in [-0.39, 0.29) is 11.5 Å². The lowest BCUT2D eigenvalue weighted by Crippen LogP contribution is -1.97. The second-order valence-corrected chi connectivity index (χ2v) is 5.17. The molecule has 0 radical (unpaired) electrons. The molecule has 2 nitrogen and oxygen atoms in total. The van der Waals surface area contributed by atoms with Gasteiger partial charge in [-0.2, -0.15) is 0 Å². The van der Waals surface area contributed by atoms with E-state index in [1.807, 2.05) is 37.3 Å². The van der Waals surface area contributed by atoms with E-state index in [1.54, 1.807) is 6.07 Å². The molecule has 18 heavy (non-hydrogen) atoms. The number of aryl methyl sites for hydroxylation is 1. The summed E-state index contributed by atoms with van der Waals surface area (Å²) in [5, 5.41) is 9.94. The number of phenols is 1. The minimum Gasteiger partial charge on any atom is -0.507 e. The lowest BCUT2D eigenvalue weighted by Gasteiger charge is -2.09. The molecular weight excluding hydrogens is 292 g/mol. The van der Waals surface area contributed by atoms with Gasteiger partial charge >= 0.3 is 0 Å². The Morgan fingerprint density at radius 3 is 2.44 bits per heavy atom. The number of hydrogen-bond donors (Lipinski definition) is 1. The van der Waals surface area contributed by atoms with Crippen molar-refractivity contribution in [3.8, 4) is 16.9 Å². The van der Waals surface area contributed by atoms with Crippen molar-refractivity contribution in [1.82, 2.24) is 0 Å². The van der Waals surface area contributed by atoms with E-state index in [0.29, 0.717) is 5.56 Å². The Kier molecular flexibility index (Phi) is 3.53. The Bertz CT molecular complexity index is 595. The summed E-state index contributed by atoms with van der Waals surface area (Å²) in [6.07, 6.45) is 0. The molecule has 3 heteroatoms. The summed E-state index contributed by atoms with van der Waals surface area (Å²) in [5.74, 6) is -0.0803. The van der Waals surface area contributed by atoms with E-state index < -0.39 is 0 Å². The van der Waals surface area contributed by atoms with Gasteiger partial charge in [0.15, 0.2) is 5.78 Å². The molecule has 0 bridgehead atoms. The van der Waals surface area contributed by atoms with E-state index in [1.165, 1.54) is 6.92 Å². The Labute approximate surface area is 114 Å². The molecule has 1 N–H and O–H groups in total. The van der Waals surface area contributed by atoms with Crippen LogP contribution >= 0.6 is 15.9 Å². The van der Waals surface area contributed by atoms with Gasteiger partial charge in [0.2, 0.25) is 0 Å². The quantitative estimate of drug-likeness (QED) is 0.838.